The first-order chi connectivity index (χ1) is 60.6. The van der Waals surface area contributed by atoms with Gasteiger partial charge in [-0.15, -0.1) is 0 Å². The Morgan fingerprint density at radius 3 is 1.35 bits per heavy atom. The number of nitrogens with zero attached hydrogens (tertiary/aromatic N) is 5. The van der Waals surface area contributed by atoms with Crippen LogP contribution in [0.2, 0.25) is 0 Å². The van der Waals surface area contributed by atoms with Gasteiger partial charge in [0.15, 0.2) is 12.4 Å². The van der Waals surface area contributed by atoms with Crippen LogP contribution in [-0.2, 0) is 11.3 Å². The number of para-hydroxylation sites is 3. The van der Waals surface area contributed by atoms with Gasteiger partial charge in [-0.1, -0.05) is 119 Å². The number of Topliss-reactive ketones (excluding diaryl/α,β-unsaturated/α-hetero) is 1. The zero-order valence-corrected chi connectivity index (χ0v) is 76.1. The second-order valence-corrected chi connectivity index (χ2v) is 40.8. The van der Waals surface area contributed by atoms with Crippen LogP contribution >= 0.6 is 0 Å². The molecular weight excluding hydrogens is 1550 g/mol. The maximum absolute atomic E-state index is 15.4. The van der Waals surface area contributed by atoms with Crippen molar-refractivity contribution in [3.63, 3.8) is 0 Å². The number of aliphatic hydroxyl groups is 1. The highest BCUT2D eigenvalue weighted by Gasteiger charge is 2.47. The van der Waals surface area contributed by atoms with Crippen LogP contribution in [0.1, 0.15) is 274 Å². The minimum atomic E-state index is -1.47. The summed E-state index contributed by atoms with van der Waals surface area (Å²) in [5.41, 5.74) is 3.29. The van der Waals surface area contributed by atoms with Gasteiger partial charge in [-0.2, -0.15) is 0 Å². The topological polar surface area (TPSA) is 109 Å². The number of hydrogen-bond acceptors (Lipinski definition) is 13. The quantitative estimate of drug-likeness (QED) is 0.0652. The van der Waals surface area contributed by atoms with Crippen molar-refractivity contribution in [2.24, 2.45) is 65.1 Å². The van der Waals surface area contributed by atoms with Gasteiger partial charge in [-0.05, 0) is 372 Å². The van der Waals surface area contributed by atoms with E-state index in [1.54, 1.807) is 53.1 Å². The van der Waals surface area contributed by atoms with Gasteiger partial charge < -0.3 is 58.0 Å². The molecule has 16 heteroatoms. The number of benzene rings is 6. The number of methoxy groups -OCH3 is 5. The van der Waals surface area contributed by atoms with Crippen molar-refractivity contribution in [3.8, 4) is 34.5 Å². The monoisotopic (exact) mass is 1700 g/mol. The lowest BCUT2D eigenvalue weighted by atomic mass is 9.64. The highest BCUT2D eigenvalue weighted by Crippen LogP contribution is 2.53. The minimum Gasteiger partial charge on any atom is -0.497 e. The fraction of sp³-hybridized carbons (Fsp3) is 0.657. The smallest absolute Gasteiger partial charge is 0.200 e. The van der Waals surface area contributed by atoms with Crippen LogP contribution in [0.4, 0.5) is 13.2 Å². The van der Waals surface area contributed by atoms with Crippen molar-refractivity contribution in [3.05, 3.63) is 178 Å². The molecule has 21 rings (SSSR count). The molecule has 0 aromatic heterocycles. The first-order valence-electron chi connectivity index (χ1n) is 49.5. The van der Waals surface area contributed by atoms with Crippen molar-refractivity contribution < 1.29 is 51.5 Å². The van der Waals surface area contributed by atoms with Crippen molar-refractivity contribution in [2.75, 3.05) is 127 Å². The lowest BCUT2D eigenvalue weighted by Crippen LogP contribution is -2.46. The summed E-state index contributed by atoms with van der Waals surface area (Å²) in [7, 11) is 8.31. The zero-order chi connectivity index (χ0) is 85.5. The normalized spacial score (nSPS) is 29.0. The maximum atomic E-state index is 15.4. The van der Waals surface area contributed by atoms with Crippen LogP contribution in [0.15, 0.2) is 133 Å². The van der Waals surface area contributed by atoms with E-state index in [4.69, 9.17) is 28.4 Å². The number of alkyl halides is 1. The molecular formula is C108H150F3N5O8. The molecule has 10 aliphatic carbocycles. The Kier molecular flexibility index (Phi) is 31.6. The zero-order valence-electron chi connectivity index (χ0n) is 76.1. The third-order valence-corrected chi connectivity index (χ3v) is 33.8. The van der Waals surface area contributed by atoms with Crippen LogP contribution in [0.5, 0.6) is 34.5 Å². The Bertz CT molecular complexity index is 4300. The fourth-order valence-electron chi connectivity index (χ4n) is 26.7. The van der Waals surface area contributed by atoms with Gasteiger partial charge in [-0.25, -0.2) is 13.2 Å². The van der Waals surface area contributed by atoms with Crippen LogP contribution in [0.25, 0.3) is 0 Å². The number of likely N-dealkylation sites (tertiary alicyclic amines) is 5. The van der Waals surface area contributed by atoms with Crippen molar-refractivity contribution in [2.45, 2.75) is 259 Å². The van der Waals surface area contributed by atoms with E-state index in [2.05, 4.69) is 85.2 Å². The van der Waals surface area contributed by atoms with Crippen LogP contribution < -0.4 is 28.4 Å². The van der Waals surface area contributed by atoms with Gasteiger partial charge in [-0.3, -0.25) is 4.79 Å². The van der Waals surface area contributed by atoms with Gasteiger partial charge >= 0.3 is 0 Å². The number of hydrogen-bond donors (Lipinski definition) is 1. The average Bonchev–Trinajstić information content (AvgIpc) is 1.01. The summed E-state index contributed by atoms with van der Waals surface area (Å²) >= 11 is 0. The number of ether oxygens (including phenoxy) is 6. The first kappa shape index (κ1) is 90.7. The van der Waals surface area contributed by atoms with Crippen molar-refractivity contribution >= 4 is 5.78 Å². The molecule has 6 aromatic rings. The first-order valence-corrected chi connectivity index (χ1v) is 49.5. The summed E-state index contributed by atoms with van der Waals surface area (Å²) in [6, 6.07) is 42.8. The molecule has 5 aliphatic heterocycles. The van der Waals surface area contributed by atoms with Crippen molar-refractivity contribution in [1.29, 1.82) is 0 Å². The van der Waals surface area contributed by atoms with E-state index in [1.165, 1.54) is 299 Å². The van der Waals surface area contributed by atoms with Gasteiger partial charge in [0, 0.05) is 74.6 Å². The molecule has 0 radical (unpaired) electrons. The summed E-state index contributed by atoms with van der Waals surface area (Å²) in [6.07, 6.45) is 44.3. The predicted octanol–water partition coefficient (Wildman–Crippen LogP) is 23.1. The SMILES string of the molecule is COc1ccc(C(=O)COc2ccccc2C2CCN([C@H]3C[C@H]4CCC3C4)CC2)cc1.COc1ccc(F)cc1C1(F)CCN(C2CCCCC2)CC1.COc1ccc(F)cc1C1(O)CCN(C[C@@H]2C[C@H]3CC[C@H]2C3)CC1.COc1ccccc1C1CCN(CC2CC3CCC2CC3)CC1.COc1ccccc1C1CCN(CC2CCCC3CCC2C3)CC1. The van der Waals surface area contributed by atoms with Gasteiger partial charge in [0.2, 0.25) is 0 Å². The molecule has 15 fully saturated rings. The largest absolute Gasteiger partial charge is 0.497 e. The van der Waals surface area contributed by atoms with Crippen LogP contribution in [0, 0.1) is 76.7 Å². The predicted molar refractivity (Wildman–Crippen MR) is 491 cm³/mol. The number of halogens is 3. The molecule has 5 saturated heterocycles. The molecule has 10 atom stereocenters. The van der Waals surface area contributed by atoms with Crippen LogP contribution in [-0.4, -0.2) is 175 Å². The molecule has 15 aliphatic rings. The van der Waals surface area contributed by atoms with E-state index in [9.17, 15) is 18.7 Å². The molecule has 5 unspecified atom stereocenters. The summed E-state index contributed by atoms with van der Waals surface area (Å²) < 4.78 is 75.5. The molecule has 6 aromatic carbocycles. The Balaban J connectivity index is 0.000000115. The number of fused-ring (bicyclic) bond motifs is 9. The van der Waals surface area contributed by atoms with E-state index in [0.29, 0.717) is 77.7 Å². The lowest BCUT2D eigenvalue weighted by Gasteiger charge is -2.45. The number of carbonyl (C=O) groups is 1. The molecule has 124 heavy (non-hydrogen) atoms. The van der Waals surface area contributed by atoms with E-state index in [0.717, 1.165) is 120 Å². The molecule has 13 nitrogen and oxygen atoms in total. The second-order valence-electron chi connectivity index (χ2n) is 40.8. The Hall–Kier alpha value is -6.66. The molecule has 8 bridgehead atoms. The number of ketones is 1. The molecule has 5 heterocycles. The van der Waals surface area contributed by atoms with Gasteiger partial charge in [0.05, 0.1) is 41.2 Å². The Morgan fingerprint density at radius 1 is 0.379 bits per heavy atom. The van der Waals surface area contributed by atoms with Gasteiger partial charge in [0.25, 0.3) is 0 Å². The highest BCUT2D eigenvalue weighted by molar-refractivity contribution is 5.97. The molecule has 10 saturated carbocycles. The minimum absolute atomic E-state index is 0.0106. The van der Waals surface area contributed by atoms with Crippen LogP contribution in [0.3, 0.4) is 0 Å². The standard InChI is InChI=1S/C27H33NO3.C22H33NO.C21H31NO.C20H28FNO2.C18H25F2NO/c1-30-23-10-8-21(9-11-23)26(29)18-31-27-5-3-2-4-24(27)20-12-14-28(15-13-20)25-17-19-6-7-22(25)16-19;1-24-22-8-3-2-7-21(22)18-11-13-23(14-12-18)16-20-6-4-5-17-9-10-19(20)15-17;1-23-21-5-3-2-4-20(21)18-10-12-22(13-11-18)15-19-14-16-6-8-17(19)9-7-16;1-24-19-5-4-17(21)12-18(19)20(23)6-8-22(9-7-20)13-16-11-14-2-3-15(16)10-14;1-22-17-8-7-14(19)13-16(17)18(20)9-11-21(12-10-18)15-5-3-2-4-6-15/h2-5,8-11,19-20,22,25H,6-7,12-18H2,1H3;2-3,7-8,17-20H,4-6,9-16H2,1H3;2-5,16-19H,6-15H2,1H3;4-5,12,14-16,23H,2-3,6-11,13H2,1H3;7-8,13,15H,2-6,9-12H2,1H3/t19-,22?,25-;;;14-,15-,16-;/m0..0./s1. The van der Waals surface area contributed by atoms with Crippen molar-refractivity contribution in [1.82, 2.24) is 24.5 Å². The molecule has 0 spiro atoms. The fourth-order valence-corrected chi connectivity index (χ4v) is 26.7. The number of piperidine rings is 5. The summed E-state index contributed by atoms with van der Waals surface area (Å²) in [5, 5.41) is 11.1. The van der Waals surface area contributed by atoms with E-state index in [-0.39, 0.29) is 18.2 Å². The highest BCUT2D eigenvalue weighted by atomic mass is 19.1. The maximum Gasteiger partial charge on any atom is 0.200 e. The summed E-state index contributed by atoms with van der Waals surface area (Å²) in [6.45, 7) is 14.7. The Labute approximate surface area is 742 Å². The third-order valence-electron chi connectivity index (χ3n) is 33.8. The van der Waals surface area contributed by atoms with E-state index >= 15 is 4.39 Å². The number of carbonyl (C=O) groups excluding carboxylic acids is 1. The number of rotatable bonds is 22. The average molecular weight is 1700 g/mol. The lowest BCUT2D eigenvalue weighted by molar-refractivity contribution is -0.0320. The third kappa shape index (κ3) is 22.6. The van der Waals surface area contributed by atoms with E-state index < -0.39 is 17.1 Å². The van der Waals surface area contributed by atoms with E-state index in [1.807, 2.05) is 24.3 Å². The molecule has 676 valence electrons. The van der Waals surface area contributed by atoms with Gasteiger partial charge in [0.1, 0.15) is 51.8 Å². The summed E-state index contributed by atoms with van der Waals surface area (Å²) in [5.74, 6) is 17.0. The Morgan fingerprint density at radius 2 is 0.831 bits per heavy atom. The summed E-state index contributed by atoms with van der Waals surface area (Å²) in [4.78, 5) is 25.8. The molecule has 0 amide bonds. The molecule has 1 N–H and O–H groups in total. The second kappa shape index (κ2) is 43.2.